The smallest absolute Gasteiger partial charge is 0.270 e. The molecule has 16 nitrogen and oxygen atoms in total. The number of hydrogen-bond acceptors (Lipinski definition) is 13. The highest BCUT2D eigenvalue weighted by Gasteiger charge is 2.51. The van der Waals surface area contributed by atoms with Gasteiger partial charge >= 0.3 is 0 Å². The van der Waals surface area contributed by atoms with Crippen LogP contribution in [0.25, 0.3) is 17.3 Å². The van der Waals surface area contributed by atoms with Crippen LogP contribution in [0.5, 0.6) is 5.75 Å². The molecule has 2 aliphatic rings. The molecule has 0 bridgehead atoms. The number of ether oxygens (including phenoxy) is 6. The fourth-order valence-electron chi connectivity index (χ4n) is 7.17. The van der Waals surface area contributed by atoms with E-state index < -0.39 is 0 Å². The Morgan fingerprint density at radius 2 is 1.53 bits per heavy atom. The van der Waals surface area contributed by atoms with Gasteiger partial charge < -0.3 is 44.0 Å². The van der Waals surface area contributed by atoms with Crippen molar-refractivity contribution in [1.29, 1.82) is 0 Å². The van der Waals surface area contributed by atoms with E-state index in [-0.39, 0.29) is 37.4 Å². The molecule has 2 fully saturated rings. The van der Waals surface area contributed by atoms with Crippen molar-refractivity contribution in [2.45, 2.75) is 38.6 Å². The van der Waals surface area contributed by atoms with Crippen LogP contribution in [0.1, 0.15) is 52.9 Å². The molecule has 2 aromatic heterocycles. The first-order chi connectivity index (χ1) is 31.2. The van der Waals surface area contributed by atoms with Gasteiger partial charge in [-0.25, -0.2) is 9.97 Å². The second kappa shape index (κ2) is 25.1. The third-order valence-corrected chi connectivity index (χ3v) is 11.8. The first-order valence-electron chi connectivity index (χ1n) is 21.5. The maximum Gasteiger partial charge on any atom is 0.270 e. The number of anilines is 2. The van der Waals surface area contributed by atoms with Crippen LogP contribution in [0.4, 0.5) is 10.1 Å². The van der Waals surface area contributed by atoms with Crippen molar-refractivity contribution in [3.8, 4) is 17.0 Å². The van der Waals surface area contributed by atoms with Crippen molar-refractivity contribution in [3.63, 3.8) is 0 Å². The number of nitrogens with zero attached hydrogens (tertiary/aromatic N) is 3. The lowest BCUT2D eigenvalue weighted by Crippen LogP contribution is -2.31. The fraction of sp³-hybridized carbons (Fsp3) is 0.447. The summed E-state index contributed by atoms with van der Waals surface area (Å²) in [4.78, 5) is 59.7. The molecule has 2 saturated carbocycles. The van der Waals surface area contributed by atoms with E-state index in [0.29, 0.717) is 111 Å². The van der Waals surface area contributed by atoms with E-state index in [9.17, 15) is 19.2 Å². The molecule has 3 N–H and O–H groups in total. The van der Waals surface area contributed by atoms with Crippen LogP contribution in [0, 0.1) is 11.3 Å². The molecule has 2 heterocycles. The molecule has 17 heteroatoms. The summed E-state index contributed by atoms with van der Waals surface area (Å²) in [6, 6.07) is 18.8. The standard InChI is InChI=1S/C47H58N6O10S/c1-53(42(56)26-34-7-6-8-35(25-34)30-49-44(57)39-27-38(40(58-2)31-48-39)12-11-36-28-47(29-36)13-14-47)15-16-59-17-18-60-19-20-61-21-22-62-23-24-63-32-41(55)51-46-52-43(45(64-46)50-33-54)37-9-4-3-5-10-37/h3-12,25,27,31,33,36H,13-24,26,28-30,32H2,1-2H3,(H,49,57)(H,50,54)(H,51,52,55)/b12-11+. The number of nitrogens with one attached hydrogen (secondary N) is 3. The van der Waals surface area contributed by atoms with Crippen molar-refractivity contribution in [3.05, 3.63) is 95.3 Å². The summed E-state index contributed by atoms with van der Waals surface area (Å²) < 4.78 is 33.1. The van der Waals surface area contributed by atoms with E-state index >= 15 is 0 Å². The second-order valence-corrected chi connectivity index (χ2v) is 16.7. The van der Waals surface area contributed by atoms with Gasteiger partial charge in [-0.05, 0) is 54.2 Å². The molecule has 342 valence electrons. The van der Waals surface area contributed by atoms with Gasteiger partial charge in [-0.3, -0.25) is 24.5 Å². The van der Waals surface area contributed by atoms with E-state index in [2.05, 4.69) is 32.0 Å². The number of carbonyl (C=O) groups excluding carboxylic acids is 4. The SMILES string of the molecule is COc1cnc(C(=O)NCc2cccc(CC(=O)N(C)CCOCCOCCOCCOCCOCC(=O)Nc3nc(-c4ccccc4)c(NC=O)s3)c2)cc1/C=C/C1CC2(CC2)C1. The largest absolute Gasteiger partial charge is 0.495 e. The van der Waals surface area contributed by atoms with Crippen LogP contribution >= 0.6 is 11.3 Å². The Kier molecular flexibility index (Phi) is 18.8. The molecule has 6 rings (SSSR count). The number of pyridine rings is 1. The summed E-state index contributed by atoms with van der Waals surface area (Å²) in [5.41, 5.74) is 4.92. The van der Waals surface area contributed by atoms with E-state index in [4.69, 9.17) is 28.4 Å². The average molecular weight is 899 g/mol. The highest BCUT2D eigenvalue weighted by molar-refractivity contribution is 7.20. The second-order valence-electron chi connectivity index (χ2n) is 15.7. The normalized spacial score (nSPS) is 14.0. The average Bonchev–Trinajstić information content (AvgIpc) is 4.01. The highest BCUT2D eigenvalue weighted by Crippen LogP contribution is 2.63. The number of benzene rings is 2. The zero-order chi connectivity index (χ0) is 45.0. The van der Waals surface area contributed by atoms with Gasteiger partial charge in [0.15, 0.2) is 5.13 Å². The molecule has 2 aliphatic carbocycles. The Morgan fingerprint density at radius 3 is 2.20 bits per heavy atom. The predicted octanol–water partition coefficient (Wildman–Crippen LogP) is 5.64. The lowest BCUT2D eigenvalue weighted by molar-refractivity contribution is -0.130. The molecule has 0 atom stereocenters. The first-order valence-corrected chi connectivity index (χ1v) is 22.3. The lowest BCUT2D eigenvalue weighted by Gasteiger charge is -2.33. The molecular formula is C47H58N6O10S. The fourth-order valence-corrected chi connectivity index (χ4v) is 8.03. The number of rotatable bonds is 29. The topological polar surface area (TPSA) is 189 Å². The molecular weight excluding hydrogens is 841 g/mol. The molecule has 4 aromatic rings. The third kappa shape index (κ3) is 15.3. The summed E-state index contributed by atoms with van der Waals surface area (Å²) >= 11 is 1.16. The molecule has 0 aliphatic heterocycles. The van der Waals surface area contributed by atoms with E-state index in [1.807, 2.05) is 60.7 Å². The summed E-state index contributed by atoms with van der Waals surface area (Å²) in [7, 11) is 3.35. The molecule has 4 amide bonds. The molecule has 0 unspecified atom stereocenters. The number of hydrogen-bond donors (Lipinski definition) is 3. The van der Waals surface area contributed by atoms with Gasteiger partial charge in [0.25, 0.3) is 11.8 Å². The van der Waals surface area contributed by atoms with Gasteiger partial charge in [-0.15, -0.1) is 0 Å². The number of carbonyl (C=O) groups is 4. The number of methoxy groups -OCH3 is 1. The molecule has 0 saturated heterocycles. The first kappa shape index (κ1) is 47.9. The van der Waals surface area contributed by atoms with Crippen LogP contribution in [0.3, 0.4) is 0 Å². The summed E-state index contributed by atoms with van der Waals surface area (Å²) in [6.45, 7) is 3.81. The van der Waals surface area contributed by atoms with Gasteiger partial charge in [-0.1, -0.05) is 78.1 Å². The van der Waals surface area contributed by atoms with Crippen molar-refractivity contribution in [2.75, 3.05) is 97.4 Å². The van der Waals surface area contributed by atoms with Crippen molar-refractivity contribution < 1.29 is 47.6 Å². The number of thiazole rings is 1. The zero-order valence-electron chi connectivity index (χ0n) is 36.5. The van der Waals surface area contributed by atoms with Gasteiger partial charge in [-0.2, -0.15) is 0 Å². The van der Waals surface area contributed by atoms with Crippen molar-refractivity contribution >= 4 is 51.7 Å². The monoisotopic (exact) mass is 898 g/mol. The van der Waals surface area contributed by atoms with Crippen LogP contribution in [-0.4, -0.2) is 126 Å². The van der Waals surface area contributed by atoms with Crippen LogP contribution < -0.4 is 20.7 Å². The number of allylic oxidation sites excluding steroid dienone is 1. The van der Waals surface area contributed by atoms with E-state index in [1.54, 1.807) is 31.3 Å². The Bertz CT molecular complexity index is 2160. The summed E-state index contributed by atoms with van der Waals surface area (Å²) in [5.74, 6) is 0.537. The lowest BCUT2D eigenvalue weighted by atomic mass is 9.72. The Hall–Kier alpha value is -5.56. The Morgan fingerprint density at radius 1 is 0.859 bits per heavy atom. The predicted molar refractivity (Wildman–Crippen MR) is 243 cm³/mol. The van der Waals surface area contributed by atoms with Gasteiger partial charge in [0.2, 0.25) is 12.3 Å². The van der Waals surface area contributed by atoms with Gasteiger partial charge in [0, 0.05) is 31.3 Å². The number of likely N-dealkylation sites (N-methyl/N-ethyl adjacent to an activating group) is 1. The Labute approximate surface area is 378 Å². The van der Waals surface area contributed by atoms with Crippen LogP contribution in [0.2, 0.25) is 0 Å². The Balaban J connectivity index is 0.741. The molecule has 0 radical (unpaired) electrons. The maximum absolute atomic E-state index is 13.0. The minimum Gasteiger partial charge on any atom is -0.495 e. The van der Waals surface area contributed by atoms with Gasteiger partial charge in [0.05, 0.1) is 79.2 Å². The zero-order valence-corrected chi connectivity index (χ0v) is 37.3. The molecule has 1 spiro atoms. The van der Waals surface area contributed by atoms with Crippen LogP contribution in [-0.2, 0) is 51.0 Å². The minimum absolute atomic E-state index is 0.0371. The van der Waals surface area contributed by atoms with Crippen molar-refractivity contribution in [2.24, 2.45) is 11.3 Å². The minimum atomic E-state index is -0.367. The third-order valence-electron chi connectivity index (χ3n) is 10.9. The molecule has 2 aromatic carbocycles. The van der Waals surface area contributed by atoms with Crippen molar-refractivity contribution in [1.82, 2.24) is 20.2 Å². The quantitative estimate of drug-likeness (QED) is 0.0451. The maximum atomic E-state index is 13.0. The molecule has 64 heavy (non-hydrogen) atoms. The highest BCUT2D eigenvalue weighted by atomic mass is 32.1. The van der Waals surface area contributed by atoms with Gasteiger partial charge in [0.1, 0.15) is 28.7 Å². The number of amides is 4. The van der Waals surface area contributed by atoms with Crippen LogP contribution in [0.15, 0.2) is 72.9 Å². The van der Waals surface area contributed by atoms with E-state index in [0.717, 1.165) is 33.6 Å². The van der Waals surface area contributed by atoms with E-state index in [1.165, 1.54) is 25.7 Å². The summed E-state index contributed by atoms with van der Waals surface area (Å²) in [5, 5.41) is 9.17. The number of aromatic nitrogens is 2. The summed E-state index contributed by atoms with van der Waals surface area (Å²) in [6.07, 6.45) is 11.9.